The van der Waals surface area contributed by atoms with Gasteiger partial charge in [-0.15, -0.1) is 0 Å². The third-order valence-electron chi connectivity index (χ3n) is 6.01. The first kappa shape index (κ1) is 22.1. The monoisotopic (exact) mass is 474 g/mol. The number of alkyl halides is 3. The lowest BCUT2D eigenvalue weighted by Gasteiger charge is -2.37. The molecular formula is C22H21F3N6O3. The first-order valence-corrected chi connectivity index (χ1v) is 10.6. The van der Waals surface area contributed by atoms with Crippen molar-refractivity contribution in [3.05, 3.63) is 47.3 Å². The van der Waals surface area contributed by atoms with Gasteiger partial charge < -0.3 is 19.9 Å². The summed E-state index contributed by atoms with van der Waals surface area (Å²) in [5.74, 6) is -1.18. The van der Waals surface area contributed by atoms with Crippen molar-refractivity contribution in [3.8, 4) is 0 Å². The van der Waals surface area contributed by atoms with Gasteiger partial charge in [0.15, 0.2) is 6.04 Å². The first-order chi connectivity index (χ1) is 16.2. The number of H-pyrrole nitrogens is 1. The van der Waals surface area contributed by atoms with Crippen LogP contribution in [0.3, 0.4) is 0 Å². The lowest BCUT2D eigenvalue weighted by Crippen LogP contribution is -2.57. The molecule has 1 aromatic carbocycles. The standard InChI is InChI=1S/C22H21F3N6O3/c1-12-20-16(29-28-12)7-14(8-26-20)27-15-4-2-3-13-9-30(21(33)19(13)15)10-18(32)31-5-6-34-11-17(31)22(23,24)25/h2-4,7-8,17,27H,5-6,9-11H2,1H3,(H,28,29). The van der Waals surface area contributed by atoms with Crippen LogP contribution in [0.15, 0.2) is 30.5 Å². The fourth-order valence-electron chi connectivity index (χ4n) is 4.33. The molecule has 2 aliphatic rings. The molecule has 0 radical (unpaired) electrons. The quantitative estimate of drug-likeness (QED) is 0.603. The number of nitrogens with one attached hydrogen (secondary N) is 2. The fourth-order valence-corrected chi connectivity index (χ4v) is 4.33. The van der Waals surface area contributed by atoms with E-state index in [1.807, 2.05) is 6.92 Å². The number of amides is 2. The zero-order valence-corrected chi connectivity index (χ0v) is 18.1. The van der Waals surface area contributed by atoms with Crippen molar-refractivity contribution in [2.75, 3.05) is 31.6 Å². The third kappa shape index (κ3) is 3.94. The molecule has 3 aromatic rings. The van der Waals surface area contributed by atoms with Crippen LogP contribution < -0.4 is 5.32 Å². The van der Waals surface area contributed by atoms with Crippen LogP contribution in [0.2, 0.25) is 0 Å². The fraction of sp³-hybridized carbons (Fsp3) is 0.364. The van der Waals surface area contributed by atoms with Crippen molar-refractivity contribution >= 4 is 34.2 Å². The lowest BCUT2D eigenvalue weighted by atomic mass is 10.1. The molecule has 9 nitrogen and oxygen atoms in total. The van der Waals surface area contributed by atoms with Crippen LogP contribution in [0.4, 0.5) is 24.5 Å². The lowest BCUT2D eigenvalue weighted by molar-refractivity contribution is -0.213. The molecule has 1 unspecified atom stereocenters. The average Bonchev–Trinajstić information content (AvgIpc) is 3.33. The van der Waals surface area contributed by atoms with Crippen LogP contribution in [0.5, 0.6) is 0 Å². The number of halogens is 3. The maximum atomic E-state index is 13.3. The summed E-state index contributed by atoms with van der Waals surface area (Å²) < 4.78 is 44.9. The van der Waals surface area contributed by atoms with E-state index in [4.69, 9.17) is 4.74 Å². The predicted molar refractivity (Wildman–Crippen MR) is 115 cm³/mol. The number of carbonyl (C=O) groups excluding carboxylic acids is 2. The van der Waals surface area contributed by atoms with E-state index in [1.165, 1.54) is 4.90 Å². The molecule has 34 heavy (non-hydrogen) atoms. The Morgan fingerprint density at radius 3 is 2.97 bits per heavy atom. The highest BCUT2D eigenvalue weighted by atomic mass is 19.4. The summed E-state index contributed by atoms with van der Waals surface area (Å²) in [6, 6.07) is 5.03. The molecule has 4 heterocycles. The van der Waals surface area contributed by atoms with Gasteiger partial charge in [-0.25, -0.2) is 0 Å². The molecule has 2 aromatic heterocycles. The zero-order chi connectivity index (χ0) is 24.0. The van der Waals surface area contributed by atoms with Gasteiger partial charge in [-0.3, -0.25) is 19.7 Å². The number of carbonyl (C=O) groups is 2. The molecule has 178 valence electrons. The normalized spacial score (nSPS) is 18.5. The molecule has 2 amide bonds. The minimum atomic E-state index is -4.60. The van der Waals surface area contributed by atoms with Crippen LogP contribution in [-0.4, -0.2) is 75.3 Å². The molecule has 0 saturated carbocycles. The van der Waals surface area contributed by atoms with Gasteiger partial charge in [0.05, 0.1) is 42.0 Å². The van der Waals surface area contributed by atoms with E-state index in [9.17, 15) is 22.8 Å². The zero-order valence-electron chi connectivity index (χ0n) is 18.1. The highest BCUT2D eigenvalue weighted by Gasteiger charge is 2.47. The number of ether oxygens (including phenoxy) is 1. The highest BCUT2D eigenvalue weighted by Crippen LogP contribution is 2.32. The van der Waals surface area contributed by atoms with Crippen LogP contribution in [0.1, 0.15) is 21.6 Å². The minimum Gasteiger partial charge on any atom is -0.377 e. The number of nitrogens with zero attached hydrogens (tertiary/aromatic N) is 4. The second-order valence-corrected chi connectivity index (χ2v) is 8.29. The summed E-state index contributed by atoms with van der Waals surface area (Å²) in [7, 11) is 0. The predicted octanol–water partition coefficient (Wildman–Crippen LogP) is 2.76. The van der Waals surface area contributed by atoms with E-state index in [1.54, 1.807) is 30.5 Å². The van der Waals surface area contributed by atoms with Gasteiger partial charge in [0.25, 0.3) is 5.91 Å². The Labute approximate surface area is 191 Å². The maximum absolute atomic E-state index is 13.3. The van der Waals surface area contributed by atoms with Gasteiger partial charge in [-0.1, -0.05) is 12.1 Å². The van der Waals surface area contributed by atoms with Crippen LogP contribution in [0, 0.1) is 6.92 Å². The number of morpholine rings is 1. The van der Waals surface area contributed by atoms with Gasteiger partial charge in [-0.05, 0) is 24.6 Å². The van der Waals surface area contributed by atoms with E-state index in [-0.39, 0.29) is 19.7 Å². The molecule has 12 heteroatoms. The van der Waals surface area contributed by atoms with Crippen molar-refractivity contribution in [1.82, 2.24) is 25.0 Å². The number of anilines is 2. The third-order valence-corrected chi connectivity index (χ3v) is 6.01. The van der Waals surface area contributed by atoms with Crippen molar-refractivity contribution in [2.45, 2.75) is 25.7 Å². The van der Waals surface area contributed by atoms with Gasteiger partial charge >= 0.3 is 6.18 Å². The number of aromatic nitrogens is 3. The SMILES string of the molecule is Cc1[nH]nc2cc(Nc3cccc4c3C(=O)N(CC(=O)N3CCOCC3C(F)(F)F)C4)cnc12. The Balaban J connectivity index is 1.34. The molecule has 1 fully saturated rings. The Morgan fingerprint density at radius 2 is 2.18 bits per heavy atom. The number of pyridine rings is 1. The number of rotatable bonds is 4. The largest absolute Gasteiger partial charge is 0.411 e. The molecule has 2 N–H and O–H groups in total. The van der Waals surface area contributed by atoms with Gasteiger partial charge in [0, 0.05) is 13.1 Å². The second kappa shape index (κ2) is 8.28. The molecule has 0 bridgehead atoms. The van der Waals surface area contributed by atoms with Crippen molar-refractivity contribution in [2.24, 2.45) is 0 Å². The first-order valence-electron chi connectivity index (χ1n) is 10.6. The molecular weight excluding hydrogens is 453 g/mol. The summed E-state index contributed by atoms with van der Waals surface area (Å²) in [6.45, 7) is 0.792. The number of benzene rings is 1. The Bertz CT molecular complexity index is 1270. The average molecular weight is 474 g/mol. The Kier molecular flexibility index (Phi) is 5.39. The van der Waals surface area contributed by atoms with Crippen LogP contribution >= 0.6 is 0 Å². The Morgan fingerprint density at radius 1 is 1.35 bits per heavy atom. The van der Waals surface area contributed by atoms with E-state index in [0.29, 0.717) is 28.0 Å². The minimum absolute atomic E-state index is 0.0223. The second-order valence-electron chi connectivity index (χ2n) is 8.29. The van der Waals surface area contributed by atoms with Gasteiger partial charge in [-0.2, -0.15) is 18.3 Å². The maximum Gasteiger partial charge on any atom is 0.411 e. The van der Waals surface area contributed by atoms with E-state index in [2.05, 4.69) is 20.5 Å². The smallest absolute Gasteiger partial charge is 0.377 e. The number of aromatic amines is 1. The number of fused-ring (bicyclic) bond motifs is 2. The van der Waals surface area contributed by atoms with E-state index < -0.39 is 37.2 Å². The van der Waals surface area contributed by atoms with Crippen molar-refractivity contribution < 1.29 is 27.5 Å². The molecule has 0 spiro atoms. The summed E-state index contributed by atoms with van der Waals surface area (Å²) in [5.41, 5.74) is 4.44. The molecule has 1 atom stereocenters. The highest BCUT2D eigenvalue weighted by molar-refractivity contribution is 6.05. The van der Waals surface area contributed by atoms with Crippen LogP contribution in [-0.2, 0) is 16.1 Å². The molecule has 1 saturated heterocycles. The molecule has 5 rings (SSSR count). The summed E-state index contributed by atoms with van der Waals surface area (Å²) in [5, 5.41) is 10.2. The summed E-state index contributed by atoms with van der Waals surface area (Å²) in [4.78, 5) is 32.3. The van der Waals surface area contributed by atoms with Gasteiger partial charge in [0.1, 0.15) is 17.6 Å². The van der Waals surface area contributed by atoms with Crippen molar-refractivity contribution in [3.63, 3.8) is 0 Å². The topological polar surface area (TPSA) is 103 Å². The summed E-state index contributed by atoms with van der Waals surface area (Å²) in [6.07, 6.45) is -2.98. The van der Waals surface area contributed by atoms with E-state index in [0.717, 1.165) is 16.1 Å². The number of hydrogen-bond acceptors (Lipinski definition) is 6. The van der Waals surface area contributed by atoms with Crippen LogP contribution in [0.25, 0.3) is 11.0 Å². The van der Waals surface area contributed by atoms with Gasteiger partial charge in [0.2, 0.25) is 5.91 Å². The Hall–Kier alpha value is -3.67. The molecule has 0 aliphatic carbocycles. The summed E-state index contributed by atoms with van der Waals surface area (Å²) >= 11 is 0. The molecule has 2 aliphatic heterocycles. The van der Waals surface area contributed by atoms with E-state index >= 15 is 0 Å². The number of hydrogen-bond donors (Lipinski definition) is 2. The van der Waals surface area contributed by atoms with Crippen molar-refractivity contribution in [1.29, 1.82) is 0 Å². The number of aryl methyl sites for hydroxylation is 1.